The van der Waals surface area contributed by atoms with Crippen LogP contribution in [0.15, 0.2) is 0 Å². The van der Waals surface area contributed by atoms with Crippen molar-refractivity contribution in [1.82, 2.24) is 10.2 Å². The number of imide groups is 2. The number of urea groups is 1. The van der Waals surface area contributed by atoms with E-state index in [0.29, 0.717) is 25.3 Å². The molecule has 0 aromatic carbocycles. The van der Waals surface area contributed by atoms with Crippen molar-refractivity contribution in [3.8, 4) is 0 Å². The summed E-state index contributed by atoms with van der Waals surface area (Å²) in [5.41, 5.74) is -1.04. The molecule has 1 aliphatic carbocycles. The second kappa shape index (κ2) is 4.71. The SMILES string of the molecule is CCC1(CC)C(=O)NC(=O)N(CC2CCC2)C1=O. The highest BCUT2D eigenvalue weighted by molar-refractivity contribution is 6.19. The summed E-state index contributed by atoms with van der Waals surface area (Å²) in [5.74, 6) is -0.333. The van der Waals surface area contributed by atoms with Gasteiger partial charge in [-0.1, -0.05) is 20.3 Å². The monoisotopic (exact) mass is 252 g/mol. The molecule has 0 unspecified atom stereocenters. The van der Waals surface area contributed by atoms with Crippen LogP contribution >= 0.6 is 0 Å². The van der Waals surface area contributed by atoms with Crippen LogP contribution in [0.1, 0.15) is 46.0 Å². The minimum atomic E-state index is -1.04. The van der Waals surface area contributed by atoms with Gasteiger partial charge in [-0.15, -0.1) is 0 Å². The summed E-state index contributed by atoms with van der Waals surface area (Å²) in [6.45, 7) is 4.09. The van der Waals surface area contributed by atoms with Crippen LogP contribution in [-0.4, -0.2) is 29.3 Å². The van der Waals surface area contributed by atoms with E-state index in [4.69, 9.17) is 0 Å². The standard InChI is InChI=1S/C13H20N2O3/c1-3-13(4-2)10(16)14-12(18)15(11(13)17)8-9-6-5-7-9/h9H,3-8H2,1-2H3,(H,14,16,18). The van der Waals surface area contributed by atoms with E-state index in [1.807, 2.05) is 13.8 Å². The maximum absolute atomic E-state index is 12.5. The average molecular weight is 252 g/mol. The van der Waals surface area contributed by atoms with Crippen molar-refractivity contribution >= 4 is 17.8 Å². The normalized spacial score (nSPS) is 23.9. The predicted molar refractivity (Wildman–Crippen MR) is 65.6 cm³/mol. The first kappa shape index (κ1) is 13.1. The molecule has 2 rings (SSSR count). The number of barbiturate groups is 1. The van der Waals surface area contributed by atoms with E-state index in [2.05, 4.69) is 5.32 Å². The molecule has 4 amide bonds. The molecule has 1 aliphatic heterocycles. The predicted octanol–water partition coefficient (Wildman–Crippen LogP) is 1.67. The quantitative estimate of drug-likeness (QED) is 0.774. The fourth-order valence-electron chi connectivity index (χ4n) is 2.70. The van der Waals surface area contributed by atoms with Gasteiger partial charge in [0.25, 0.3) is 0 Å². The molecule has 0 aromatic rings. The Balaban J connectivity index is 2.21. The zero-order chi connectivity index (χ0) is 13.3. The van der Waals surface area contributed by atoms with Crippen molar-refractivity contribution < 1.29 is 14.4 Å². The summed E-state index contributed by atoms with van der Waals surface area (Å²) >= 11 is 0. The Hall–Kier alpha value is -1.39. The molecule has 5 nitrogen and oxygen atoms in total. The van der Waals surface area contributed by atoms with Gasteiger partial charge in [0.2, 0.25) is 11.8 Å². The molecule has 0 aromatic heterocycles. The van der Waals surface area contributed by atoms with E-state index in [0.717, 1.165) is 12.8 Å². The molecule has 1 saturated heterocycles. The van der Waals surface area contributed by atoms with E-state index < -0.39 is 17.4 Å². The number of nitrogens with zero attached hydrogens (tertiary/aromatic N) is 1. The summed E-state index contributed by atoms with van der Waals surface area (Å²) in [5, 5.41) is 2.33. The Morgan fingerprint density at radius 2 is 1.83 bits per heavy atom. The average Bonchev–Trinajstić information content (AvgIpc) is 2.28. The smallest absolute Gasteiger partial charge is 0.277 e. The number of nitrogens with one attached hydrogen (secondary N) is 1. The van der Waals surface area contributed by atoms with Crippen LogP contribution in [-0.2, 0) is 9.59 Å². The fraction of sp³-hybridized carbons (Fsp3) is 0.769. The summed E-state index contributed by atoms with van der Waals surface area (Å²) in [4.78, 5) is 37.4. The van der Waals surface area contributed by atoms with E-state index in [-0.39, 0.29) is 5.91 Å². The maximum Gasteiger partial charge on any atom is 0.330 e. The number of amides is 4. The Bertz CT molecular complexity index is 384. The summed E-state index contributed by atoms with van der Waals surface area (Å²) in [6.07, 6.45) is 4.16. The van der Waals surface area contributed by atoms with Gasteiger partial charge in [-0.25, -0.2) is 4.79 Å². The van der Waals surface area contributed by atoms with E-state index in [1.165, 1.54) is 11.3 Å². The van der Waals surface area contributed by atoms with Crippen LogP contribution in [0.25, 0.3) is 0 Å². The lowest BCUT2D eigenvalue weighted by molar-refractivity contribution is -0.152. The van der Waals surface area contributed by atoms with Gasteiger partial charge >= 0.3 is 6.03 Å². The third kappa shape index (κ3) is 1.82. The topological polar surface area (TPSA) is 66.5 Å². The third-order valence-electron chi connectivity index (χ3n) is 4.43. The van der Waals surface area contributed by atoms with Crippen molar-refractivity contribution in [3.63, 3.8) is 0 Å². The van der Waals surface area contributed by atoms with Gasteiger partial charge in [0, 0.05) is 6.54 Å². The second-order valence-corrected chi connectivity index (χ2v) is 5.26. The van der Waals surface area contributed by atoms with Gasteiger partial charge in [0.05, 0.1) is 0 Å². The van der Waals surface area contributed by atoms with Gasteiger partial charge in [-0.3, -0.25) is 19.8 Å². The van der Waals surface area contributed by atoms with Crippen molar-refractivity contribution in [2.75, 3.05) is 6.54 Å². The molecule has 0 radical (unpaired) electrons. The van der Waals surface area contributed by atoms with Crippen molar-refractivity contribution in [2.24, 2.45) is 11.3 Å². The first-order chi connectivity index (χ1) is 8.55. The molecule has 2 aliphatic rings. The van der Waals surface area contributed by atoms with Crippen LogP contribution in [0.4, 0.5) is 4.79 Å². The fourth-order valence-corrected chi connectivity index (χ4v) is 2.70. The molecule has 100 valence electrons. The Labute approximate surface area is 107 Å². The van der Waals surface area contributed by atoms with Gasteiger partial charge < -0.3 is 0 Å². The van der Waals surface area contributed by atoms with Crippen LogP contribution in [0.3, 0.4) is 0 Å². The number of rotatable bonds is 4. The molecule has 0 atom stereocenters. The summed E-state index contributed by atoms with van der Waals surface area (Å²) in [7, 11) is 0. The molecule has 0 spiro atoms. The van der Waals surface area contributed by atoms with Crippen molar-refractivity contribution in [3.05, 3.63) is 0 Å². The summed E-state index contributed by atoms with van der Waals surface area (Å²) < 4.78 is 0. The first-order valence-corrected chi connectivity index (χ1v) is 6.72. The maximum atomic E-state index is 12.5. The number of hydrogen-bond acceptors (Lipinski definition) is 3. The van der Waals surface area contributed by atoms with Crippen LogP contribution < -0.4 is 5.32 Å². The molecule has 1 N–H and O–H groups in total. The van der Waals surface area contributed by atoms with Crippen molar-refractivity contribution in [2.45, 2.75) is 46.0 Å². The van der Waals surface area contributed by atoms with Gasteiger partial charge in [0.1, 0.15) is 5.41 Å². The van der Waals surface area contributed by atoms with E-state index >= 15 is 0 Å². The van der Waals surface area contributed by atoms with Crippen LogP contribution in [0.5, 0.6) is 0 Å². The lowest BCUT2D eigenvalue weighted by Gasteiger charge is -2.40. The number of hydrogen-bond donors (Lipinski definition) is 1. The molecular weight excluding hydrogens is 232 g/mol. The molecule has 0 bridgehead atoms. The lowest BCUT2D eigenvalue weighted by atomic mass is 9.77. The van der Waals surface area contributed by atoms with E-state index in [9.17, 15) is 14.4 Å². The van der Waals surface area contributed by atoms with Crippen LogP contribution in [0.2, 0.25) is 0 Å². The molecule has 1 saturated carbocycles. The Morgan fingerprint density at radius 3 is 2.28 bits per heavy atom. The largest absolute Gasteiger partial charge is 0.330 e. The zero-order valence-corrected chi connectivity index (χ0v) is 11.0. The summed E-state index contributed by atoms with van der Waals surface area (Å²) in [6, 6.07) is -0.547. The molecule has 5 heteroatoms. The van der Waals surface area contributed by atoms with Gasteiger partial charge in [-0.05, 0) is 31.6 Å². The lowest BCUT2D eigenvalue weighted by Crippen LogP contribution is -2.64. The Morgan fingerprint density at radius 1 is 1.22 bits per heavy atom. The third-order valence-corrected chi connectivity index (χ3v) is 4.43. The first-order valence-electron chi connectivity index (χ1n) is 6.72. The highest BCUT2D eigenvalue weighted by atomic mass is 16.2. The highest BCUT2D eigenvalue weighted by Gasteiger charge is 2.51. The molecule has 18 heavy (non-hydrogen) atoms. The molecular formula is C13H20N2O3. The molecule has 2 fully saturated rings. The number of carbonyl (C=O) groups is 3. The zero-order valence-electron chi connectivity index (χ0n) is 11.0. The van der Waals surface area contributed by atoms with Crippen molar-refractivity contribution in [1.29, 1.82) is 0 Å². The second-order valence-electron chi connectivity index (χ2n) is 5.26. The van der Waals surface area contributed by atoms with E-state index in [1.54, 1.807) is 0 Å². The highest BCUT2D eigenvalue weighted by Crippen LogP contribution is 2.34. The van der Waals surface area contributed by atoms with Crippen LogP contribution in [0, 0.1) is 11.3 Å². The number of carbonyl (C=O) groups excluding carboxylic acids is 3. The minimum absolute atomic E-state index is 0.312. The van der Waals surface area contributed by atoms with Gasteiger partial charge in [0.15, 0.2) is 0 Å². The minimum Gasteiger partial charge on any atom is -0.277 e. The molecule has 1 heterocycles. The Kier molecular flexibility index (Phi) is 3.41. The van der Waals surface area contributed by atoms with Gasteiger partial charge in [-0.2, -0.15) is 0 Å².